The molecule has 0 spiro atoms. The molecule has 0 aromatic carbocycles. The van der Waals surface area contributed by atoms with Gasteiger partial charge in [0.25, 0.3) is 5.91 Å². The van der Waals surface area contributed by atoms with Crippen LogP contribution in [0.25, 0.3) is 0 Å². The number of aromatic nitrogens is 2. The van der Waals surface area contributed by atoms with Gasteiger partial charge in [0.05, 0.1) is 11.3 Å². The lowest BCUT2D eigenvalue weighted by molar-refractivity contribution is 0.0782. The van der Waals surface area contributed by atoms with Crippen molar-refractivity contribution in [2.75, 3.05) is 5.32 Å². The molecule has 0 saturated carbocycles. The van der Waals surface area contributed by atoms with Crippen LogP contribution in [0.15, 0.2) is 18.3 Å². The molecular formula is C15H17N3O2S. The highest BCUT2D eigenvalue weighted by molar-refractivity contribution is 7.10. The van der Waals surface area contributed by atoms with Gasteiger partial charge in [-0.2, -0.15) is 4.37 Å². The number of aryl methyl sites for hydroxylation is 2. The van der Waals surface area contributed by atoms with Gasteiger partial charge in [0.1, 0.15) is 10.6 Å². The predicted molar refractivity (Wildman–Crippen MR) is 82.1 cm³/mol. The molecular weight excluding hydrogens is 286 g/mol. The Morgan fingerprint density at radius 1 is 1.43 bits per heavy atom. The summed E-state index contributed by atoms with van der Waals surface area (Å²) in [4.78, 5) is 16.5. The van der Waals surface area contributed by atoms with Crippen LogP contribution in [0.3, 0.4) is 0 Å². The van der Waals surface area contributed by atoms with E-state index in [1.807, 2.05) is 32.9 Å². The first-order chi connectivity index (χ1) is 9.93. The molecule has 0 saturated heterocycles. The van der Waals surface area contributed by atoms with E-state index in [0.717, 1.165) is 29.1 Å². The molecule has 0 radical (unpaired) electrons. The lowest BCUT2D eigenvalue weighted by Crippen LogP contribution is -2.33. The highest BCUT2D eigenvalue weighted by Crippen LogP contribution is 2.31. The summed E-state index contributed by atoms with van der Waals surface area (Å²) in [5.41, 5.74) is 2.24. The zero-order valence-electron chi connectivity index (χ0n) is 12.3. The quantitative estimate of drug-likeness (QED) is 0.925. The fourth-order valence-electron chi connectivity index (χ4n) is 2.25. The van der Waals surface area contributed by atoms with Crippen LogP contribution in [0.4, 0.5) is 5.00 Å². The molecule has 3 rings (SSSR count). The van der Waals surface area contributed by atoms with Crippen molar-refractivity contribution >= 4 is 22.4 Å². The molecule has 0 fully saturated rings. The van der Waals surface area contributed by atoms with Crippen LogP contribution in [0.1, 0.15) is 41.9 Å². The molecule has 0 aliphatic carbocycles. The Balaban J connectivity index is 1.79. The fourth-order valence-corrected chi connectivity index (χ4v) is 2.90. The highest BCUT2D eigenvalue weighted by Gasteiger charge is 2.28. The van der Waals surface area contributed by atoms with Crippen molar-refractivity contribution in [1.29, 1.82) is 0 Å². The van der Waals surface area contributed by atoms with Crippen LogP contribution >= 0.6 is 11.5 Å². The Kier molecular flexibility index (Phi) is 3.41. The number of nitrogens with zero attached hydrogens (tertiary/aromatic N) is 2. The molecule has 110 valence electrons. The van der Waals surface area contributed by atoms with Gasteiger partial charge >= 0.3 is 0 Å². The van der Waals surface area contributed by atoms with Crippen LogP contribution in [0.2, 0.25) is 0 Å². The molecule has 21 heavy (non-hydrogen) atoms. The number of fused-ring (bicyclic) bond motifs is 1. The Hall–Kier alpha value is -1.95. The standard InChI is InChI=1S/C15H17N3O2S/c1-9-6-12(21-18-9)17-13(19)11-7-10-4-5-15(2,3)20-14(10)16-8-11/h6-8H,4-5H2,1-3H3,(H,17,19). The average molecular weight is 303 g/mol. The van der Waals surface area contributed by atoms with Crippen LogP contribution in [0.5, 0.6) is 5.88 Å². The van der Waals surface area contributed by atoms with Gasteiger partial charge in [-0.25, -0.2) is 4.98 Å². The number of pyridine rings is 1. The Labute approximate surface area is 127 Å². The van der Waals surface area contributed by atoms with Crippen LogP contribution in [-0.2, 0) is 6.42 Å². The molecule has 0 unspecified atom stereocenters. The maximum atomic E-state index is 12.2. The second-order valence-electron chi connectivity index (χ2n) is 5.84. The second-order valence-corrected chi connectivity index (χ2v) is 6.64. The first-order valence-corrected chi connectivity index (χ1v) is 7.63. The number of carbonyl (C=O) groups is 1. The fraction of sp³-hybridized carbons (Fsp3) is 0.400. The van der Waals surface area contributed by atoms with E-state index in [9.17, 15) is 4.79 Å². The minimum absolute atomic E-state index is 0.168. The Morgan fingerprint density at radius 3 is 2.95 bits per heavy atom. The smallest absolute Gasteiger partial charge is 0.257 e. The first-order valence-electron chi connectivity index (χ1n) is 6.85. The Morgan fingerprint density at radius 2 is 2.24 bits per heavy atom. The van der Waals surface area contributed by atoms with Crippen LogP contribution in [-0.4, -0.2) is 20.9 Å². The van der Waals surface area contributed by atoms with Crippen molar-refractivity contribution in [1.82, 2.24) is 9.36 Å². The van der Waals surface area contributed by atoms with Crippen LogP contribution < -0.4 is 10.1 Å². The maximum Gasteiger partial charge on any atom is 0.257 e. The summed E-state index contributed by atoms with van der Waals surface area (Å²) in [5.74, 6) is 0.468. The SMILES string of the molecule is Cc1cc(NC(=O)c2cnc3c(c2)CCC(C)(C)O3)sn1. The molecule has 6 heteroatoms. The van der Waals surface area contributed by atoms with E-state index < -0.39 is 0 Å². The molecule has 1 aliphatic heterocycles. The lowest BCUT2D eigenvalue weighted by atomic mass is 9.95. The molecule has 1 aliphatic rings. The summed E-state index contributed by atoms with van der Waals surface area (Å²) in [5, 5.41) is 3.58. The van der Waals surface area contributed by atoms with E-state index in [1.165, 1.54) is 11.5 Å². The molecule has 3 heterocycles. The van der Waals surface area contributed by atoms with E-state index in [2.05, 4.69) is 14.7 Å². The van der Waals surface area contributed by atoms with Gasteiger partial charge < -0.3 is 10.1 Å². The number of nitrogens with one attached hydrogen (secondary N) is 1. The number of ether oxygens (including phenoxy) is 1. The number of rotatable bonds is 2. The molecule has 2 aromatic rings. The summed E-state index contributed by atoms with van der Waals surface area (Å²) in [6.07, 6.45) is 3.35. The average Bonchev–Trinajstić information content (AvgIpc) is 2.82. The minimum atomic E-state index is -0.191. The lowest BCUT2D eigenvalue weighted by Gasteiger charge is -2.31. The van der Waals surface area contributed by atoms with Gasteiger partial charge in [0.15, 0.2) is 0 Å². The summed E-state index contributed by atoms with van der Waals surface area (Å²) >= 11 is 1.27. The number of hydrogen-bond acceptors (Lipinski definition) is 5. The normalized spacial score (nSPS) is 16.0. The number of carbonyl (C=O) groups excluding carboxylic acids is 1. The van der Waals surface area contributed by atoms with Crippen molar-refractivity contribution in [2.45, 2.75) is 39.2 Å². The van der Waals surface area contributed by atoms with E-state index in [0.29, 0.717) is 11.4 Å². The summed E-state index contributed by atoms with van der Waals surface area (Å²) in [6, 6.07) is 3.71. The molecule has 0 atom stereocenters. The summed E-state index contributed by atoms with van der Waals surface area (Å²) in [6.45, 7) is 5.99. The van der Waals surface area contributed by atoms with Crippen LogP contribution in [0, 0.1) is 6.92 Å². The molecule has 5 nitrogen and oxygen atoms in total. The third-order valence-electron chi connectivity index (χ3n) is 3.42. The minimum Gasteiger partial charge on any atom is -0.471 e. The monoisotopic (exact) mass is 303 g/mol. The zero-order chi connectivity index (χ0) is 15.0. The molecule has 1 N–H and O–H groups in total. The number of hydrogen-bond donors (Lipinski definition) is 1. The number of anilines is 1. The first kappa shape index (κ1) is 14.0. The third kappa shape index (κ3) is 3.05. The Bertz CT molecular complexity index is 694. The largest absolute Gasteiger partial charge is 0.471 e. The highest BCUT2D eigenvalue weighted by atomic mass is 32.1. The van der Waals surface area contributed by atoms with Crippen molar-refractivity contribution in [3.05, 3.63) is 35.2 Å². The second kappa shape index (κ2) is 5.11. The zero-order valence-corrected chi connectivity index (χ0v) is 13.1. The summed E-state index contributed by atoms with van der Waals surface area (Å²) < 4.78 is 9.97. The predicted octanol–water partition coefficient (Wildman–Crippen LogP) is 3.20. The van der Waals surface area contributed by atoms with Gasteiger partial charge in [0, 0.05) is 11.8 Å². The van der Waals surface area contributed by atoms with E-state index in [4.69, 9.17) is 4.74 Å². The van der Waals surface area contributed by atoms with Gasteiger partial charge in [-0.15, -0.1) is 0 Å². The van der Waals surface area contributed by atoms with Gasteiger partial charge in [-0.3, -0.25) is 4.79 Å². The van der Waals surface area contributed by atoms with Gasteiger partial charge in [-0.05, 0) is 57.3 Å². The number of amides is 1. The van der Waals surface area contributed by atoms with Crippen molar-refractivity contribution in [2.24, 2.45) is 0 Å². The van der Waals surface area contributed by atoms with E-state index >= 15 is 0 Å². The third-order valence-corrected chi connectivity index (χ3v) is 4.22. The summed E-state index contributed by atoms with van der Waals surface area (Å²) in [7, 11) is 0. The molecule has 2 aromatic heterocycles. The van der Waals surface area contributed by atoms with Gasteiger partial charge in [0.2, 0.25) is 5.88 Å². The topological polar surface area (TPSA) is 64.1 Å². The van der Waals surface area contributed by atoms with Crippen molar-refractivity contribution < 1.29 is 9.53 Å². The maximum absolute atomic E-state index is 12.2. The van der Waals surface area contributed by atoms with Crippen molar-refractivity contribution in [3.63, 3.8) is 0 Å². The molecule has 1 amide bonds. The van der Waals surface area contributed by atoms with E-state index in [1.54, 1.807) is 6.20 Å². The van der Waals surface area contributed by atoms with Gasteiger partial charge in [-0.1, -0.05) is 0 Å². The molecule has 0 bridgehead atoms. The van der Waals surface area contributed by atoms with E-state index in [-0.39, 0.29) is 11.5 Å². The van der Waals surface area contributed by atoms with Crippen molar-refractivity contribution in [3.8, 4) is 5.88 Å².